The number of aromatic nitrogens is 2. The Morgan fingerprint density at radius 1 is 1.75 bits per heavy atom. The summed E-state index contributed by atoms with van der Waals surface area (Å²) in [6.07, 6.45) is 1.49. The molecule has 1 saturated heterocycles. The van der Waals surface area contributed by atoms with Crippen LogP contribution in [-0.2, 0) is 12.7 Å². The summed E-state index contributed by atoms with van der Waals surface area (Å²) >= 11 is 5.68. The fourth-order valence-electron chi connectivity index (χ4n) is 1.33. The molecule has 0 amide bonds. The molecule has 2 rings (SSSR count). The van der Waals surface area contributed by atoms with Crippen LogP contribution < -0.4 is 5.32 Å². The van der Waals surface area contributed by atoms with Crippen molar-refractivity contribution < 1.29 is 4.39 Å². The largest absolute Gasteiger partial charge is 0.319 e. The molecule has 2 heterocycles. The summed E-state index contributed by atoms with van der Waals surface area (Å²) in [4.78, 5) is 3.82. The van der Waals surface area contributed by atoms with Gasteiger partial charge >= 0.3 is 0 Å². The highest BCUT2D eigenvalue weighted by Gasteiger charge is 2.41. The Morgan fingerprint density at radius 2 is 2.42 bits per heavy atom. The van der Waals surface area contributed by atoms with Crippen molar-refractivity contribution in [2.24, 2.45) is 7.05 Å². The van der Waals surface area contributed by atoms with Crippen LogP contribution in [0, 0.1) is 0 Å². The number of halogens is 2. The zero-order valence-corrected chi connectivity index (χ0v) is 7.40. The molecule has 3 nitrogen and oxygen atoms in total. The number of nitrogens with one attached hydrogen (secondary N) is 1. The van der Waals surface area contributed by atoms with Crippen LogP contribution in [0.3, 0.4) is 0 Å². The fourth-order valence-corrected chi connectivity index (χ4v) is 1.47. The van der Waals surface area contributed by atoms with Crippen molar-refractivity contribution in [1.29, 1.82) is 0 Å². The highest BCUT2D eigenvalue weighted by Crippen LogP contribution is 2.30. The lowest BCUT2D eigenvalue weighted by Crippen LogP contribution is -2.54. The molecule has 1 aromatic heterocycles. The average Bonchev–Trinajstić information content (AvgIpc) is 2.29. The van der Waals surface area contributed by atoms with Gasteiger partial charge in [-0.05, 0) is 11.6 Å². The Kier molecular flexibility index (Phi) is 1.63. The molecule has 1 fully saturated rings. The third kappa shape index (κ3) is 0.949. The summed E-state index contributed by atoms with van der Waals surface area (Å²) in [5, 5.41) is 3.21. The quantitative estimate of drug-likeness (QED) is 0.710. The van der Waals surface area contributed by atoms with Gasteiger partial charge < -0.3 is 9.88 Å². The van der Waals surface area contributed by atoms with Crippen molar-refractivity contribution in [1.82, 2.24) is 14.9 Å². The number of nitrogens with zero attached hydrogens (tertiary/aromatic N) is 2. The Hall–Kier alpha value is -0.610. The molecule has 1 aromatic rings. The minimum absolute atomic E-state index is 0.328. The lowest BCUT2D eigenvalue weighted by molar-refractivity contribution is 0.0807. The van der Waals surface area contributed by atoms with Crippen LogP contribution in [0.15, 0.2) is 6.20 Å². The van der Waals surface area contributed by atoms with E-state index in [9.17, 15) is 4.39 Å². The van der Waals surface area contributed by atoms with Gasteiger partial charge in [0.05, 0.1) is 11.9 Å². The third-order valence-electron chi connectivity index (χ3n) is 2.20. The zero-order chi connectivity index (χ0) is 8.77. The van der Waals surface area contributed by atoms with E-state index in [0.29, 0.717) is 24.1 Å². The van der Waals surface area contributed by atoms with E-state index in [1.54, 1.807) is 11.6 Å². The number of rotatable bonds is 1. The molecular formula is C7H9ClFN3. The molecule has 1 aliphatic heterocycles. The Morgan fingerprint density at radius 3 is 2.75 bits per heavy atom. The van der Waals surface area contributed by atoms with Gasteiger partial charge in [0.2, 0.25) is 5.28 Å². The SMILES string of the molecule is Cn1c(C2(F)CNC2)cnc1Cl. The molecule has 0 radical (unpaired) electrons. The van der Waals surface area contributed by atoms with Gasteiger partial charge in [-0.1, -0.05) is 0 Å². The second-order valence-electron chi connectivity index (χ2n) is 3.04. The summed E-state index contributed by atoms with van der Waals surface area (Å²) in [6.45, 7) is 0.700. The summed E-state index contributed by atoms with van der Waals surface area (Å²) in [7, 11) is 1.71. The van der Waals surface area contributed by atoms with Crippen LogP contribution in [0.4, 0.5) is 4.39 Å². The molecule has 1 aliphatic rings. The fraction of sp³-hybridized carbons (Fsp3) is 0.571. The zero-order valence-electron chi connectivity index (χ0n) is 6.64. The van der Waals surface area contributed by atoms with Crippen molar-refractivity contribution >= 4 is 11.6 Å². The molecule has 0 saturated carbocycles. The maximum absolute atomic E-state index is 13.7. The molecule has 66 valence electrons. The van der Waals surface area contributed by atoms with E-state index in [4.69, 9.17) is 11.6 Å². The average molecular weight is 190 g/mol. The molecular weight excluding hydrogens is 181 g/mol. The number of hydrogen-bond acceptors (Lipinski definition) is 2. The monoisotopic (exact) mass is 189 g/mol. The molecule has 0 aliphatic carbocycles. The van der Waals surface area contributed by atoms with E-state index < -0.39 is 5.67 Å². The second kappa shape index (κ2) is 2.44. The number of hydrogen-bond donors (Lipinski definition) is 1. The van der Waals surface area contributed by atoms with Gasteiger partial charge in [-0.25, -0.2) is 9.37 Å². The van der Waals surface area contributed by atoms with E-state index in [1.165, 1.54) is 6.20 Å². The predicted molar refractivity (Wildman–Crippen MR) is 43.9 cm³/mol. The topological polar surface area (TPSA) is 29.9 Å². The smallest absolute Gasteiger partial charge is 0.202 e. The third-order valence-corrected chi connectivity index (χ3v) is 2.55. The minimum Gasteiger partial charge on any atom is -0.319 e. The number of imidazole rings is 1. The lowest BCUT2D eigenvalue weighted by atomic mass is 9.96. The Bertz CT molecular complexity index is 306. The van der Waals surface area contributed by atoms with Crippen LogP contribution in [0.1, 0.15) is 5.69 Å². The van der Waals surface area contributed by atoms with Gasteiger partial charge in [-0.2, -0.15) is 0 Å². The van der Waals surface area contributed by atoms with Crippen molar-refractivity contribution in [2.45, 2.75) is 5.67 Å². The summed E-state index contributed by atoms with van der Waals surface area (Å²) in [5.41, 5.74) is -0.722. The van der Waals surface area contributed by atoms with Crippen LogP contribution in [0.5, 0.6) is 0 Å². The molecule has 0 atom stereocenters. The second-order valence-corrected chi connectivity index (χ2v) is 3.38. The van der Waals surface area contributed by atoms with Crippen molar-refractivity contribution in [3.05, 3.63) is 17.2 Å². The van der Waals surface area contributed by atoms with E-state index in [0.717, 1.165) is 0 Å². The maximum Gasteiger partial charge on any atom is 0.202 e. The Labute approximate surface area is 74.5 Å². The normalized spacial score (nSPS) is 20.6. The molecule has 0 aromatic carbocycles. The molecule has 0 bridgehead atoms. The van der Waals surface area contributed by atoms with Crippen molar-refractivity contribution in [3.8, 4) is 0 Å². The first-order chi connectivity index (χ1) is 5.63. The first-order valence-corrected chi connectivity index (χ1v) is 4.09. The molecule has 0 unspecified atom stereocenters. The maximum atomic E-state index is 13.7. The van der Waals surface area contributed by atoms with Gasteiger partial charge in [0, 0.05) is 20.1 Å². The lowest BCUT2D eigenvalue weighted by Gasteiger charge is -2.34. The van der Waals surface area contributed by atoms with Gasteiger partial charge in [0.25, 0.3) is 0 Å². The van der Waals surface area contributed by atoms with Gasteiger partial charge in [0.1, 0.15) is 0 Å². The standard InChI is InChI=1S/C7H9ClFN3/c1-12-5(2-11-6(12)8)7(9)3-10-4-7/h2,10H,3-4H2,1H3. The minimum atomic E-state index is -1.27. The highest BCUT2D eigenvalue weighted by atomic mass is 35.5. The first-order valence-electron chi connectivity index (χ1n) is 3.71. The van der Waals surface area contributed by atoms with Crippen LogP contribution in [-0.4, -0.2) is 22.6 Å². The predicted octanol–water partition coefficient (Wildman–Crippen LogP) is 0.842. The molecule has 0 spiro atoms. The molecule has 5 heteroatoms. The van der Waals surface area contributed by atoms with Gasteiger partial charge in [-0.3, -0.25) is 0 Å². The van der Waals surface area contributed by atoms with E-state index in [1.807, 2.05) is 0 Å². The molecule has 1 N–H and O–H groups in total. The first kappa shape index (κ1) is 8.01. The van der Waals surface area contributed by atoms with Crippen LogP contribution >= 0.6 is 11.6 Å². The van der Waals surface area contributed by atoms with Gasteiger partial charge in [0.15, 0.2) is 5.67 Å². The van der Waals surface area contributed by atoms with E-state index in [-0.39, 0.29) is 0 Å². The number of alkyl halides is 1. The van der Waals surface area contributed by atoms with Gasteiger partial charge in [-0.15, -0.1) is 0 Å². The summed E-state index contributed by atoms with van der Waals surface area (Å²) in [5.74, 6) is 0. The molecule has 12 heavy (non-hydrogen) atoms. The van der Waals surface area contributed by atoms with Crippen molar-refractivity contribution in [2.75, 3.05) is 13.1 Å². The summed E-state index contributed by atoms with van der Waals surface area (Å²) < 4.78 is 15.3. The highest BCUT2D eigenvalue weighted by molar-refractivity contribution is 6.28. The van der Waals surface area contributed by atoms with E-state index >= 15 is 0 Å². The van der Waals surface area contributed by atoms with Crippen molar-refractivity contribution in [3.63, 3.8) is 0 Å². The summed E-state index contributed by atoms with van der Waals surface area (Å²) in [6, 6.07) is 0. The van der Waals surface area contributed by atoms with E-state index in [2.05, 4.69) is 10.3 Å². The van der Waals surface area contributed by atoms with Crippen LogP contribution in [0.25, 0.3) is 0 Å². The van der Waals surface area contributed by atoms with Crippen LogP contribution in [0.2, 0.25) is 5.28 Å². The Balaban J connectivity index is 2.39.